The van der Waals surface area contributed by atoms with Gasteiger partial charge in [-0.15, -0.1) is 0 Å². The molecule has 160 valence electrons. The average Bonchev–Trinajstić information content (AvgIpc) is 3.55. The number of aromatic amines is 1. The van der Waals surface area contributed by atoms with E-state index in [4.69, 9.17) is 6.57 Å². The summed E-state index contributed by atoms with van der Waals surface area (Å²) in [5.74, 6) is 0.776. The lowest BCUT2D eigenvalue weighted by molar-refractivity contribution is 0.624. The van der Waals surface area contributed by atoms with Gasteiger partial charge >= 0.3 is 0 Å². The summed E-state index contributed by atoms with van der Waals surface area (Å²) in [6.45, 7) is 10.6. The highest BCUT2D eigenvalue weighted by Crippen LogP contribution is 2.34. The molecule has 0 aliphatic heterocycles. The quantitative estimate of drug-likeness (QED) is 0.329. The summed E-state index contributed by atoms with van der Waals surface area (Å²) in [5, 5.41) is 7.35. The number of fused-ring (bicyclic) bond motifs is 1. The number of benzene rings is 1. The van der Waals surface area contributed by atoms with Gasteiger partial charge in [-0.05, 0) is 49.4 Å². The Morgan fingerprint density at radius 3 is 2.78 bits per heavy atom. The molecule has 1 aliphatic rings. The number of halogens is 1. The number of nitrogens with zero attached hydrogens (tertiary/aromatic N) is 4. The molecule has 0 bridgehead atoms. The smallest absolute Gasteiger partial charge is 0.231 e. The van der Waals surface area contributed by atoms with Crippen molar-refractivity contribution in [3.05, 3.63) is 71.7 Å². The zero-order chi connectivity index (χ0) is 22.1. The Morgan fingerprint density at radius 1 is 1.22 bits per heavy atom. The van der Waals surface area contributed by atoms with E-state index >= 15 is 0 Å². The molecule has 5 rings (SSSR count). The van der Waals surface area contributed by atoms with Crippen LogP contribution in [0.3, 0.4) is 0 Å². The molecular formula is C24H22FN7. The Morgan fingerprint density at radius 2 is 2.03 bits per heavy atom. The van der Waals surface area contributed by atoms with Crippen molar-refractivity contribution < 1.29 is 4.39 Å². The summed E-state index contributed by atoms with van der Waals surface area (Å²) in [6.07, 6.45) is 6.98. The van der Waals surface area contributed by atoms with Gasteiger partial charge in [-0.1, -0.05) is 12.1 Å². The van der Waals surface area contributed by atoms with E-state index in [1.807, 2.05) is 6.92 Å². The Balaban J connectivity index is 1.38. The number of nitrogens with one attached hydrogen (secondary N) is 3. The number of H-pyrrole nitrogens is 1. The molecule has 3 aromatic heterocycles. The molecule has 1 aliphatic carbocycles. The number of hydrogen-bond acceptors (Lipinski definition) is 5. The molecular weight excluding hydrogens is 405 g/mol. The first-order valence-corrected chi connectivity index (χ1v) is 10.6. The van der Waals surface area contributed by atoms with Crippen molar-refractivity contribution in [2.24, 2.45) is 5.92 Å². The van der Waals surface area contributed by atoms with Crippen LogP contribution in [0.5, 0.6) is 0 Å². The number of hydrogen-bond donors (Lipinski definition) is 3. The van der Waals surface area contributed by atoms with Crippen LogP contribution in [0.15, 0.2) is 48.9 Å². The molecule has 32 heavy (non-hydrogen) atoms. The minimum atomic E-state index is -0.446. The van der Waals surface area contributed by atoms with Crippen molar-refractivity contribution in [1.82, 2.24) is 19.9 Å². The Bertz CT molecular complexity index is 1300. The van der Waals surface area contributed by atoms with Gasteiger partial charge in [0.1, 0.15) is 11.5 Å². The summed E-state index contributed by atoms with van der Waals surface area (Å²) in [6, 6.07) is 9.67. The largest absolute Gasteiger partial charge is 0.385 e. The van der Waals surface area contributed by atoms with Gasteiger partial charge in [-0.2, -0.15) is 0 Å². The summed E-state index contributed by atoms with van der Waals surface area (Å²) in [4.78, 5) is 19.5. The fraction of sp³-hybridized carbons (Fsp3) is 0.250. The molecule has 0 amide bonds. The Labute approximate surface area is 185 Å². The molecule has 0 spiro atoms. The van der Waals surface area contributed by atoms with Gasteiger partial charge in [-0.25, -0.2) is 24.2 Å². The van der Waals surface area contributed by atoms with Crippen LogP contribution < -0.4 is 10.6 Å². The molecule has 1 aromatic carbocycles. The lowest BCUT2D eigenvalue weighted by Gasteiger charge is -2.16. The van der Waals surface area contributed by atoms with Crippen molar-refractivity contribution in [3.8, 4) is 11.3 Å². The van der Waals surface area contributed by atoms with Crippen LogP contribution in [0.4, 0.5) is 21.7 Å². The van der Waals surface area contributed by atoms with E-state index in [-0.39, 0.29) is 6.04 Å². The third-order valence-electron chi connectivity index (χ3n) is 5.69. The fourth-order valence-corrected chi connectivity index (χ4v) is 3.65. The molecule has 3 heterocycles. The topological polar surface area (TPSA) is 82.9 Å². The maximum Gasteiger partial charge on any atom is 0.231 e. The number of aromatic nitrogens is 4. The van der Waals surface area contributed by atoms with Crippen LogP contribution in [-0.4, -0.2) is 26.5 Å². The minimum Gasteiger partial charge on any atom is -0.385 e. The van der Waals surface area contributed by atoms with Crippen LogP contribution >= 0.6 is 0 Å². The van der Waals surface area contributed by atoms with Gasteiger partial charge in [0.15, 0.2) is 0 Å². The van der Waals surface area contributed by atoms with E-state index < -0.39 is 5.82 Å². The van der Waals surface area contributed by atoms with Crippen LogP contribution in [0, 0.1) is 18.3 Å². The second-order valence-corrected chi connectivity index (χ2v) is 8.10. The highest BCUT2D eigenvalue weighted by atomic mass is 19.1. The Hall–Kier alpha value is -3.99. The highest BCUT2D eigenvalue weighted by molar-refractivity contribution is 5.96. The highest BCUT2D eigenvalue weighted by Gasteiger charge is 2.20. The van der Waals surface area contributed by atoms with Crippen LogP contribution in [0.25, 0.3) is 27.1 Å². The second kappa shape index (κ2) is 8.27. The summed E-state index contributed by atoms with van der Waals surface area (Å²) >= 11 is 0. The van der Waals surface area contributed by atoms with E-state index in [1.54, 1.807) is 6.20 Å². The summed E-state index contributed by atoms with van der Waals surface area (Å²) < 4.78 is 13.8. The van der Waals surface area contributed by atoms with Gasteiger partial charge in [0.2, 0.25) is 11.6 Å². The molecule has 0 unspecified atom stereocenters. The van der Waals surface area contributed by atoms with Gasteiger partial charge in [0.05, 0.1) is 24.5 Å². The van der Waals surface area contributed by atoms with E-state index in [9.17, 15) is 4.39 Å². The van der Waals surface area contributed by atoms with Gasteiger partial charge in [-0.3, -0.25) is 0 Å². The first-order chi connectivity index (χ1) is 15.6. The average molecular weight is 427 g/mol. The molecule has 0 saturated heterocycles. The van der Waals surface area contributed by atoms with Gasteiger partial charge in [0.25, 0.3) is 0 Å². The standard InChI is InChI=1S/C24H22FN7/c1-14(16-5-7-18(8-6-16)27-10-15-3-4-15)31-24-30-13-21(26-2)22(32-24)20-12-29-23-19(20)9-17(25)11-28-23/h5-9,11-15,27H,3-4,10H2,1H3,(H,28,29)(H,30,31,32)/t14-/m1/s1. The molecule has 1 fully saturated rings. The van der Waals surface area contributed by atoms with Crippen LogP contribution in [-0.2, 0) is 0 Å². The van der Waals surface area contributed by atoms with E-state index in [2.05, 4.69) is 59.7 Å². The number of rotatable bonds is 7. The SMILES string of the molecule is [C-]#[N+]c1cnc(N[C@H](C)c2ccc(NCC3CC3)cc2)nc1-c1c[nH]c2ncc(F)cc12. The maximum absolute atomic E-state index is 13.8. The monoisotopic (exact) mass is 427 g/mol. The Kier molecular flexibility index (Phi) is 5.15. The number of pyridine rings is 1. The zero-order valence-corrected chi connectivity index (χ0v) is 17.6. The summed E-state index contributed by atoms with van der Waals surface area (Å²) in [7, 11) is 0. The third kappa shape index (κ3) is 4.10. The molecule has 7 nitrogen and oxygen atoms in total. The third-order valence-corrected chi connectivity index (χ3v) is 5.69. The van der Waals surface area contributed by atoms with E-state index in [1.165, 1.54) is 25.1 Å². The summed E-state index contributed by atoms with van der Waals surface area (Å²) in [5.41, 5.74) is 4.09. The van der Waals surface area contributed by atoms with Crippen molar-refractivity contribution in [1.29, 1.82) is 0 Å². The molecule has 4 aromatic rings. The van der Waals surface area contributed by atoms with Gasteiger partial charge in [0, 0.05) is 35.6 Å². The second-order valence-electron chi connectivity index (χ2n) is 8.10. The predicted octanol–water partition coefficient (Wildman–Crippen LogP) is 5.70. The lowest BCUT2D eigenvalue weighted by Crippen LogP contribution is -2.10. The number of anilines is 2. The fourth-order valence-electron chi connectivity index (χ4n) is 3.65. The van der Waals surface area contributed by atoms with Crippen molar-refractivity contribution in [2.75, 3.05) is 17.2 Å². The van der Waals surface area contributed by atoms with E-state index in [0.717, 1.165) is 29.9 Å². The van der Waals surface area contributed by atoms with Crippen molar-refractivity contribution >= 4 is 28.4 Å². The van der Waals surface area contributed by atoms with Crippen LogP contribution in [0.1, 0.15) is 31.4 Å². The maximum atomic E-state index is 13.8. The lowest BCUT2D eigenvalue weighted by atomic mass is 10.1. The van der Waals surface area contributed by atoms with E-state index in [0.29, 0.717) is 33.9 Å². The van der Waals surface area contributed by atoms with Crippen molar-refractivity contribution in [2.45, 2.75) is 25.8 Å². The molecule has 0 radical (unpaired) electrons. The molecule has 1 saturated carbocycles. The van der Waals surface area contributed by atoms with Crippen LogP contribution in [0.2, 0.25) is 0 Å². The first-order valence-electron chi connectivity index (χ1n) is 10.6. The minimum absolute atomic E-state index is 0.0406. The zero-order valence-electron chi connectivity index (χ0n) is 17.6. The van der Waals surface area contributed by atoms with Gasteiger partial charge < -0.3 is 15.6 Å². The normalized spacial score (nSPS) is 14.2. The molecule has 1 atom stereocenters. The molecule has 8 heteroatoms. The predicted molar refractivity (Wildman–Crippen MR) is 123 cm³/mol. The first kappa shape index (κ1) is 19.9. The van der Waals surface area contributed by atoms with Crippen molar-refractivity contribution in [3.63, 3.8) is 0 Å². The molecule has 3 N–H and O–H groups in total.